The van der Waals surface area contributed by atoms with Crippen molar-refractivity contribution in [2.45, 2.75) is 67.8 Å². The van der Waals surface area contributed by atoms with Crippen LogP contribution in [0.2, 0.25) is 0 Å². The lowest BCUT2D eigenvalue weighted by molar-refractivity contribution is -0.156. The fourth-order valence-electron chi connectivity index (χ4n) is 4.18. The van der Waals surface area contributed by atoms with Crippen molar-refractivity contribution >= 4 is 35.5 Å². The number of aliphatic carboxylic acids is 1. The predicted octanol–water partition coefficient (Wildman–Crippen LogP) is 0.475. The van der Waals surface area contributed by atoms with Gasteiger partial charge in [0.15, 0.2) is 0 Å². The summed E-state index contributed by atoms with van der Waals surface area (Å²) in [4.78, 5) is 51.3. The maximum absolute atomic E-state index is 13.0. The molecule has 2 aliphatic rings. The van der Waals surface area contributed by atoms with Crippen molar-refractivity contribution in [2.75, 3.05) is 6.54 Å². The summed E-state index contributed by atoms with van der Waals surface area (Å²) in [6.07, 6.45) is 1.69. The van der Waals surface area contributed by atoms with E-state index >= 15 is 0 Å². The smallest absolute Gasteiger partial charge is 0.326 e. The summed E-state index contributed by atoms with van der Waals surface area (Å²) < 4.78 is -0.635. The first-order valence-electron chi connectivity index (χ1n) is 10.7. The second kappa shape index (κ2) is 9.91. The molecule has 0 radical (unpaired) electrons. The third-order valence-electron chi connectivity index (χ3n) is 5.77. The Morgan fingerprint density at radius 1 is 1.22 bits per heavy atom. The number of hydrogen-bond acceptors (Lipinski definition) is 6. The summed E-state index contributed by atoms with van der Waals surface area (Å²) in [5.41, 5.74) is 6.31. The van der Waals surface area contributed by atoms with Crippen LogP contribution in [-0.2, 0) is 25.6 Å². The minimum atomic E-state index is -1.11. The molecule has 5 N–H and O–H groups in total. The van der Waals surface area contributed by atoms with Gasteiger partial charge in [-0.05, 0) is 45.2 Å². The number of carbonyl (C=O) groups is 4. The average Bonchev–Trinajstić information content (AvgIpc) is 3.00. The summed E-state index contributed by atoms with van der Waals surface area (Å²) in [5, 5.41) is 14.5. The minimum Gasteiger partial charge on any atom is -0.480 e. The Bertz CT molecular complexity index is 878. The van der Waals surface area contributed by atoms with Crippen LogP contribution < -0.4 is 16.4 Å². The van der Waals surface area contributed by atoms with E-state index in [9.17, 15) is 24.3 Å². The lowest BCUT2D eigenvalue weighted by Crippen LogP contribution is -2.71. The summed E-state index contributed by atoms with van der Waals surface area (Å²) >= 11 is 1.44. The molecule has 10 heteroatoms. The van der Waals surface area contributed by atoms with Gasteiger partial charge in [0, 0.05) is 4.75 Å². The molecular weight excluding hydrogens is 432 g/mol. The number of thioether (sulfide) groups is 1. The number of fused-ring (bicyclic) bond motifs is 1. The van der Waals surface area contributed by atoms with Crippen LogP contribution in [0.3, 0.4) is 0 Å². The van der Waals surface area contributed by atoms with Gasteiger partial charge in [0.2, 0.25) is 17.7 Å². The Morgan fingerprint density at radius 3 is 2.53 bits per heavy atom. The van der Waals surface area contributed by atoms with Gasteiger partial charge in [-0.15, -0.1) is 11.8 Å². The van der Waals surface area contributed by atoms with E-state index in [-0.39, 0.29) is 30.0 Å². The Morgan fingerprint density at radius 2 is 1.91 bits per heavy atom. The lowest BCUT2D eigenvalue weighted by Gasteiger charge is -2.44. The molecule has 174 valence electrons. The molecule has 1 unspecified atom stereocenters. The number of rotatable bonds is 10. The highest BCUT2D eigenvalue weighted by Gasteiger charge is 2.64. The number of nitrogens with one attached hydrogen (secondary N) is 2. The highest BCUT2D eigenvalue weighted by atomic mass is 32.2. The van der Waals surface area contributed by atoms with Gasteiger partial charge in [0.25, 0.3) is 0 Å². The van der Waals surface area contributed by atoms with Gasteiger partial charge < -0.3 is 26.4 Å². The Labute approximate surface area is 191 Å². The third kappa shape index (κ3) is 5.07. The molecule has 0 spiro atoms. The topological polar surface area (TPSA) is 142 Å². The predicted molar refractivity (Wildman–Crippen MR) is 121 cm³/mol. The molecule has 0 saturated carbocycles. The molecule has 0 aromatic heterocycles. The molecule has 32 heavy (non-hydrogen) atoms. The van der Waals surface area contributed by atoms with Crippen molar-refractivity contribution in [2.24, 2.45) is 5.73 Å². The van der Waals surface area contributed by atoms with Crippen molar-refractivity contribution in [1.29, 1.82) is 0 Å². The second-order valence-electron chi connectivity index (χ2n) is 8.65. The zero-order valence-corrected chi connectivity index (χ0v) is 19.1. The van der Waals surface area contributed by atoms with Crippen LogP contribution in [0.15, 0.2) is 30.3 Å². The second-order valence-corrected chi connectivity index (χ2v) is 10.4. The van der Waals surface area contributed by atoms with E-state index in [0.717, 1.165) is 5.56 Å². The van der Waals surface area contributed by atoms with E-state index in [0.29, 0.717) is 19.4 Å². The maximum Gasteiger partial charge on any atom is 0.326 e. The van der Waals surface area contributed by atoms with E-state index in [4.69, 9.17) is 5.73 Å². The molecule has 0 aliphatic carbocycles. The normalized spacial score (nSPS) is 24.3. The third-order valence-corrected chi connectivity index (χ3v) is 7.35. The van der Waals surface area contributed by atoms with E-state index in [1.807, 2.05) is 44.2 Å². The molecule has 2 aliphatic heterocycles. The Hall–Kier alpha value is -2.59. The quantitative estimate of drug-likeness (QED) is 0.293. The highest BCUT2D eigenvalue weighted by molar-refractivity contribution is 8.01. The van der Waals surface area contributed by atoms with E-state index in [1.54, 1.807) is 0 Å². The number of unbranched alkanes of at least 4 members (excludes halogenated alkanes) is 1. The zero-order chi connectivity index (χ0) is 23.5. The SMILES string of the molecule is CC1(C)S[C@@H]2[C@H](NC(=O)Cc3ccccc3)C(=O)N2C1C(=O)N[C@@H](CCCCN)C(=O)O. The molecule has 3 amide bonds. The number of benzene rings is 1. The zero-order valence-electron chi connectivity index (χ0n) is 18.2. The van der Waals surface area contributed by atoms with Crippen molar-refractivity contribution in [3.63, 3.8) is 0 Å². The molecule has 0 bridgehead atoms. The lowest BCUT2D eigenvalue weighted by atomic mass is 9.94. The molecular formula is C22H30N4O5S. The van der Waals surface area contributed by atoms with Crippen LogP contribution in [0.5, 0.6) is 0 Å². The number of nitrogens with two attached hydrogens (primary N) is 1. The van der Waals surface area contributed by atoms with Crippen molar-refractivity contribution in [1.82, 2.24) is 15.5 Å². The molecule has 4 atom stereocenters. The Balaban J connectivity index is 1.63. The molecule has 1 aromatic carbocycles. The highest BCUT2D eigenvalue weighted by Crippen LogP contribution is 2.50. The van der Waals surface area contributed by atoms with Crippen LogP contribution in [-0.4, -0.2) is 68.5 Å². The molecule has 2 fully saturated rings. The minimum absolute atomic E-state index is 0.165. The van der Waals surface area contributed by atoms with Crippen LogP contribution in [0.4, 0.5) is 0 Å². The van der Waals surface area contributed by atoms with Gasteiger partial charge in [0.1, 0.15) is 23.5 Å². The van der Waals surface area contributed by atoms with Gasteiger partial charge in [-0.3, -0.25) is 14.4 Å². The number of nitrogens with zero attached hydrogens (tertiary/aromatic N) is 1. The largest absolute Gasteiger partial charge is 0.480 e. The van der Waals surface area contributed by atoms with Crippen LogP contribution in [0.25, 0.3) is 0 Å². The summed E-state index contributed by atoms with van der Waals surface area (Å²) in [6, 6.07) is 6.69. The van der Waals surface area contributed by atoms with Crippen molar-refractivity contribution in [3.05, 3.63) is 35.9 Å². The molecule has 2 heterocycles. The summed E-state index contributed by atoms with van der Waals surface area (Å²) in [7, 11) is 0. The van der Waals surface area contributed by atoms with E-state index in [1.165, 1.54) is 16.7 Å². The number of carbonyl (C=O) groups excluding carboxylic acids is 3. The van der Waals surface area contributed by atoms with Gasteiger partial charge in [0.05, 0.1) is 6.42 Å². The number of carboxylic acids is 1. The first-order valence-corrected chi connectivity index (χ1v) is 11.6. The maximum atomic E-state index is 13.0. The van der Waals surface area contributed by atoms with Crippen LogP contribution >= 0.6 is 11.8 Å². The molecule has 9 nitrogen and oxygen atoms in total. The first kappa shape index (κ1) is 24.1. The first-order chi connectivity index (χ1) is 15.2. The molecule has 2 saturated heterocycles. The fraction of sp³-hybridized carbons (Fsp3) is 0.545. The van der Waals surface area contributed by atoms with Crippen LogP contribution in [0, 0.1) is 0 Å². The van der Waals surface area contributed by atoms with Gasteiger partial charge in [-0.25, -0.2) is 4.79 Å². The van der Waals surface area contributed by atoms with Crippen LogP contribution in [0.1, 0.15) is 38.7 Å². The number of hydrogen-bond donors (Lipinski definition) is 4. The molecule has 3 rings (SSSR count). The van der Waals surface area contributed by atoms with Gasteiger partial charge >= 0.3 is 5.97 Å². The van der Waals surface area contributed by atoms with Crippen molar-refractivity contribution in [3.8, 4) is 0 Å². The fourth-order valence-corrected chi connectivity index (χ4v) is 5.81. The monoisotopic (exact) mass is 462 g/mol. The molecule has 1 aromatic rings. The van der Waals surface area contributed by atoms with E-state index in [2.05, 4.69) is 10.6 Å². The van der Waals surface area contributed by atoms with Gasteiger partial charge in [-0.2, -0.15) is 0 Å². The van der Waals surface area contributed by atoms with Crippen molar-refractivity contribution < 1.29 is 24.3 Å². The Kier molecular flexibility index (Phi) is 7.45. The van der Waals surface area contributed by atoms with E-state index < -0.39 is 34.7 Å². The summed E-state index contributed by atoms with van der Waals surface area (Å²) in [6.45, 7) is 4.15. The standard InChI is InChI=1S/C22H30N4O5S/c1-22(2)17(18(28)24-14(21(30)31)10-6-7-11-23)26-19(29)16(20(26)32-22)25-15(27)12-13-8-4-3-5-9-13/h3-5,8-9,14,16-17,20H,6-7,10-12,23H2,1-2H3,(H,24,28)(H,25,27)(H,30,31)/t14-,16+,17?,20+/m0/s1. The summed E-state index contributed by atoms with van der Waals surface area (Å²) in [5.74, 6) is -2.19. The number of amides is 3. The average molecular weight is 463 g/mol. The number of carboxylic acid groups (broad SMARTS) is 1. The van der Waals surface area contributed by atoms with Gasteiger partial charge in [-0.1, -0.05) is 30.3 Å². The number of β-lactam (4-membered cyclic amide) rings is 1.